The molecule has 0 aromatic heterocycles. The van der Waals surface area contributed by atoms with Crippen LogP contribution in [0.5, 0.6) is 0 Å². The number of benzene rings is 2. The SMILES string of the molecule is CN1CCN(CC(NC(=O)N2CCc3ccccc32)c2ccccc2)CC1. The molecule has 1 unspecified atom stereocenters. The normalized spacial score (nSPS) is 18.9. The van der Waals surface area contributed by atoms with Crippen LogP contribution in [-0.2, 0) is 6.42 Å². The van der Waals surface area contributed by atoms with Crippen molar-refractivity contribution in [2.24, 2.45) is 0 Å². The largest absolute Gasteiger partial charge is 0.330 e. The maximum Gasteiger partial charge on any atom is 0.322 e. The first kappa shape index (κ1) is 18.0. The third kappa shape index (κ3) is 4.15. The van der Waals surface area contributed by atoms with Gasteiger partial charge in [-0.15, -0.1) is 0 Å². The van der Waals surface area contributed by atoms with Gasteiger partial charge in [0, 0.05) is 45.0 Å². The lowest BCUT2D eigenvalue weighted by Crippen LogP contribution is -2.49. The van der Waals surface area contributed by atoms with E-state index in [0.29, 0.717) is 0 Å². The van der Waals surface area contributed by atoms with E-state index in [-0.39, 0.29) is 12.1 Å². The van der Waals surface area contributed by atoms with Gasteiger partial charge in [-0.3, -0.25) is 9.80 Å². The number of carbonyl (C=O) groups is 1. The van der Waals surface area contributed by atoms with Crippen molar-refractivity contribution in [3.63, 3.8) is 0 Å². The Balaban J connectivity index is 1.48. The molecule has 2 aromatic rings. The van der Waals surface area contributed by atoms with Gasteiger partial charge in [0.05, 0.1) is 6.04 Å². The van der Waals surface area contributed by atoms with Gasteiger partial charge in [-0.25, -0.2) is 4.79 Å². The number of fused-ring (bicyclic) bond motifs is 1. The number of hydrogen-bond donors (Lipinski definition) is 1. The second kappa shape index (κ2) is 8.11. The second-order valence-corrected chi connectivity index (χ2v) is 7.55. The molecule has 0 aliphatic carbocycles. The van der Waals surface area contributed by atoms with Crippen molar-refractivity contribution in [1.82, 2.24) is 15.1 Å². The molecule has 0 bridgehead atoms. The van der Waals surface area contributed by atoms with Crippen LogP contribution in [0.15, 0.2) is 54.6 Å². The van der Waals surface area contributed by atoms with E-state index in [2.05, 4.69) is 40.4 Å². The summed E-state index contributed by atoms with van der Waals surface area (Å²) in [6, 6.07) is 18.5. The molecule has 1 saturated heterocycles. The highest BCUT2D eigenvalue weighted by molar-refractivity contribution is 5.94. The van der Waals surface area contributed by atoms with Gasteiger partial charge in [-0.2, -0.15) is 0 Å². The second-order valence-electron chi connectivity index (χ2n) is 7.55. The Morgan fingerprint density at radius 2 is 1.67 bits per heavy atom. The predicted molar refractivity (Wildman–Crippen MR) is 109 cm³/mol. The molecule has 5 heteroatoms. The van der Waals surface area contributed by atoms with Gasteiger partial charge in [-0.05, 0) is 30.7 Å². The van der Waals surface area contributed by atoms with E-state index in [1.54, 1.807) is 0 Å². The standard InChI is InChI=1S/C22H28N4O/c1-24-13-15-25(16-14-24)17-20(18-7-3-2-4-8-18)23-22(27)26-12-11-19-9-5-6-10-21(19)26/h2-10,20H,11-17H2,1H3,(H,23,27). The third-order valence-corrected chi connectivity index (χ3v) is 5.67. The molecule has 142 valence electrons. The number of anilines is 1. The Morgan fingerprint density at radius 3 is 2.44 bits per heavy atom. The Kier molecular flexibility index (Phi) is 5.41. The van der Waals surface area contributed by atoms with Gasteiger partial charge < -0.3 is 10.2 Å². The third-order valence-electron chi connectivity index (χ3n) is 5.67. The van der Waals surface area contributed by atoms with Crippen molar-refractivity contribution in [3.8, 4) is 0 Å². The fraction of sp³-hybridized carbons (Fsp3) is 0.409. The summed E-state index contributed by atoms with van der Waals surface area (Å²) in [5.74, 6) is 0. The molecule has 2 aliphatic rings. The minimum atomic E-state index is -0.00475. The van der Waals surface area contributed by atoms with E-state index in [1.807, 2.05) is 41.3 Å². The Labute approximate surface area is 161 Å². The van der Waals surface area contributed by atoms with E-state index >= 15 is 0 Å². The number of hydrogen-bond acceptors (Lipinski definition) is 3. The van der Waals surface area contributed by atoms with Gasteiger partial charge in [0.15, 0.2) is 0 Å². The molecular weight excluding hydrogens is 336 g/mol. The lowest BCUT2D eigenvalue weighted by molar-refractivity contribution is 0.143. The van der Waals surface area contributed by atoms with Crippen LogP contribution >= 0.6 is 0 Å². The van der Waals surface area contributed by atoms with Gasteiger partial charge in [-0.1, -0.05) is 48.5 Å². The van der Waals surface area contributed by atoms with Crippen molar-refractivity contribution < 1.29 is 4.79 Å². The van der Waals surface area contributed by atoms with Crippen molar-refractivity contribution in [1.29, 1.82) is 0 Å². The minimum absolute atomic E-state index is 0.00271. The lowest BCUT2D eigenvalue weighted by atomic mass is 10.1. The summed E-state index contributed by atoms with van der Waals surface area (Å²) >= 11 is 0. The van der Waals surface area contributed by atoms with Crippen LogP contribution in [0.2, 0.25) is 0 Å². The van der Waals surface area contributed by atoms with Crippen LogP contribution in [0.4, 0.5) is 10.5 Å². The zero-order chi connectivity index (χ0) is 18.6. The zero-order valence-electron chi connectivity index (χ0n) is 16.0. The summed E-state index contributed by atoms with van der Waals surface area (Å²) in [5, 5.41) is 3.31. The molecule has 1 N–H and O–H groups in total. The summed E-state index contributed by atoms with van der Waals surface area (Å²) in [5.41, 5.74) is 3.46. The Morgan fingerprint density at radius 1 is 0.963 bits per heavy atom. The molecule has 2 aliphatic heterocycles. The van der Waals surface area contributed by atoms with Crippen molar-refractivity contribution in [3.05, 3.63) is 65.7 Å². The summed E-state index contributed by atoms with van der Waals surface area (Å²) < 4.78 is 0. The summed E-state index contributed by atoms with van der Waals surface area (Å²) in [7, 11) is 2.17. The van der Waals surface area contributed by atoms with E-state index in [1.165, 1.54) is 5.56 Å². The Bertz CT molecular complexity index is 771. The molecular formula is C22H28N4O. The number of amides is 2. The zero-order valence-corrected chi connectivity index (χ0v) is 16.0. The number of rotatable bonds is 4. The van der Waals surface area contributed by atoms with Gasteiger partial charge >= 0.3 is 6.03 Å². The molecule has 2 amide bonds. The first-order valence-corrected chi connectivity index (χ1v) is 9.82. The van der Waals surface area contributed by atoms with Gasteiger partial charge in [0.1, 0.15) is 0 Å². The predicted octanol–water partition coefficient (Wildman–Crippen LogP) is 2.75. The molecule has 1 atom stereocenters. The van der Waals surface area contributed by atoms with Crippen molar-refractivity contribution in [2.75, 3.05) is 51.2 Å². The molecule has 4 rings (SSSR count). The van der Waals surface area contributed by atoms with Crippen molar-refractivity contribution in [2.45, 2.75) is 12.5 Å². The number of carbonyl (C=O) groups excluding carboxylic acids is 1. The van der Waals surface area contributed by atoms with Crippen LogP contribution < -0.4 is 10.2 Å². The van der Waals surface area contributed by atoms with E-state index in [4.69, 9.17) is 0 Å². The molecule has 0 radical (unpaired) electrons. The first-order valence-electron chi connectivity index (χ1n) is 9.82. The fourth-order valence-corrected chi connectivity index (χ4v) is 3.98. The van der Waals surface area contributed by atoms with Crippen LogP contribution in [0.3, 0.4) is 0 Å². The number of nitrogens with zero attached hydrogens (tertiary/aromatic N) is 3. The van der Waals surface area contributed by atoms with Crippen LogP contribution in [0.1, 0.15) is 17.2 Å². The van der Waals surface area contributed by atoms with Crippen molar-refractivity contribution >= 4 is 11.7 Å². The van der Waals surface area contributed by atoms with Gasteiger partial charge in [0.2, 0.25) is 0 Å². The minimum Gasteiger partial charge on any atom is -0.330 e. The van der Waals surface area contributed by atoms with Crippen LogP contribution in [-0.4, -0.2) is 62.1 Å². The number of nitrogens with one attached hydrogen (secondary N) is 1. The summed E-state index contributed by atoms with van der Waals surface area (Å²) in [6.45, 7) is 5.84. The topological polar surface area (TPSA) is 38.8 Å². The number of para-hydroxylation sites is 1. The average Bonchev–Trinajstić information content (AvgIpc) is 3.14. The maximum absolute atomic E-state index is 13.1. The smallest absolute Gasteiger partial charge is 0.322 e. The maximum atomic E-state index is 13.1. The van der Waals surface area contributed by atoms with Crippen LogP contribution in [0, 0.1) is 0 Å². The summed E-state index contributed by atoms with van der Waals surface area (Å²) in [6.07, 6.45) is 0.929. The summed E-state index contributed by atoms with van der Waals surface area (Å²) in [4.78, 5) is 19.8. The highest BCUT2D eigenvalue weighted by Crippen LogP contribution is 2.28. The molecule has 0 spiro atoms. The van der Waals surface area contributed by atoms with E-state index < -0.39 is 0 Å². The van der Waals surface area contributed by atoms with E-state index in [0.717, 1.165) is 56.9 Å². The highest BCUT2D eigenvalue weighted by Gasteiger charge is 2.27. The van der Waals surface area contributed by atoms with E-state index in [9.17, 15) is 4.79 Å². The first-order chi connectivity index (χ1) is 13.2. The quantitative estimate of drug-likeness (QED) is 0.907. The molecule has 2 aromatic carbocycles. The molecule has 1 fully saturated rings. The number of piperazine rings is 1. The highest BCUT2D eigenvalue weighted by atomic mass is 16.2. The van der Waals surface area contributed by atoms with Crippen LogP contribution in [0.25, 0.3) is 0 Å². The fourth-order valence-electron chi connectivity index (χ4n) is 3.98. The molecule has 2 heterocycles. The molecule has 0 saturated carbocycles. The number of likely N-dealkylation sites (N-methyl/N-ethyl adjacent to an activating group) is 1. The Hall–Kier alpha value is -2.37. The molecule has 5 nitrogen and oxygen atoms in total. The number of urea groups is 1. The monoisotopic (exact) mass is 364 g/mol. The average molecular weight is 364 g/mol. The lowest BCUT2D eigenvalue weighted by Gasteiger charge is -2.35. The van der Waals surface area contributed by atoms with Gasteiger partial charge in [0.25, 0.3) is 0 Å². The molecule has 27 heavy (non-hydrogen) atoms.